The van der Waals surface area contributed by atoms with Crippen LogP contribution in [0.3, 0.4) is 0 Å². The summed E-state index contributed by atoms with van der Waals surface area (Å²) in [6.07, 6.45) is 0.918. The minimum Gasteiger partial charge on any atom is -0.398 e. The first-order valence-electron chi connectivity index (χ1n) is 7.07. The van der Waals surface area contributed by atoms with Crippen LogP contribution in [-0.2, 0) is 13.0 Å². The number of hydrogen-bond acceptors (Lipinski definition) is 4. The Labute approximate surface area is 120 Å². The van der Waals surface area contributed by atoms with Crippen molar-refractivity contribution in [2.24, 2.45) is 0 Å². The fourth-order valence-electron chi connectivity index (χ4n) is 2.19. The molecule has 1 aromatic heterocycles. The van der Waals surface area contributed by atoms with Crippen LogP contribution in [0.25, 0.3) is 0 Å². The third-order valence-electron chi connectivity index (χ3n) is 3.36. The molecule has 1 heterocycles. The quantitative estimate of drug-likeness (QED) is 0.849. The van der Waals surface area contributed by atoms with Gasteiger partial charge in [0, 0.05) is 30.5 Å². The van der Waals surface area contributed by atoms with Gasteiger partial charge < -0.3 is 10.6 Å². The molecule has 0 atom stereocenters. The Morgan fingerprint density at radius 3 is 2.55 bits per heavy atom. The number of anilines is 2. The average molecular weight is 270 g/mol. The van der Waals surface area contributed by atoms with Gasteiger partial charge in [-0.1, -0.05) is 25.1 Å². The van der Waals surface area contributed by atoms with Gasteiger partial charge in [0.05, 0.1) is 0 Å². The second kappa shape index (κ2) is 6.37. The van der Waals surface area contributed by atoms with Gasteiger partial charge in [0.2, 0.25) is 0 Å². The van der Waals surface area contributed by atoms with Crippen LogP contribution >= 0.6 is 0 Å². The minimum atomic E-state index is 0.767. The van der Waals surface area contributed by atoms with Crippen molar-refractivity contribution in [3.05, 3.63) is 47.4 Å². The first kappa shape index (κ1) is 14.3. The van der Waals surface area contributed by atoms with E-state index in [0.29, 0.717) is 0 Å². The van der Waals surface area contributed by atoms with Gasteiger partial charge in [0.25, 0.3) is 0 Å². The average Bonchev–Trinajstić information content (AvgIpc) is 2.45. The van der Waals surface area contributed by atoms with Gasteiger partial charge in [-0.3, -0.25) is 0 Å². The molecule has 106 valence electrons. The number of benzene rings is 1. The van der Waals surface area contributed by atoms with Crippen molar-refractivity contribution in [1.29, 1.82) is 0 Å². The zero-order valence-corrected chi connectivity index (χ0v) is 12.4. The van der Waals surface area contributed by atoms with Gasteiger partial charge in [-0.05, 0) is 31.9 Å². The molecule has 0 amide bonds. The molecule has 0 saturated carbocycles. The molecule has 4 nitrogen and oxygen atoms in total. The van der Waals surface area contributed by atoms with Crippen LogP contribution in [0.4, 0.5) is 11.5 Å². The summed E-state index contributed by atoms with van der Waals surface area (Å²) in [7, 11) is 0. The van der Waals surface area contributed by atoms with E-state index in [1.807, 2.05) is 25.1 Å². The Morgan fingerprint density at radius 2 is 1.90 bits per heavy atom. The number of nitrogens with zero attached hydrogens (tertiary/aromatic N) is 3. The standard InChI is InChI=1S/C16H22N4/c1-4-14-10-16(19-12(3)18-14)20(5-2)11-13-8-6-7-9-15(13)17/h6-10H,4-5,11,17H2,1-3H3. The molecule has 0 saturated heterocycles. The molecule has 0 unspecified atom stereocenters. The highest BCUT2D eigenvalue weighted by atomic mass is 15.2. The van der Waals surface area contributed by atoms with Crippen LogP contribution < -0.4 is 10.6 Å². The Balaban J connectivity index is 2.28. The van der Waals surface area contributed by atoms with E-state index in [2.05, 4.69) is 40.8 Å². The number of aryl methyl sites for hydroxylation is 2. The summed E-state index contributed by atoms with van der Waals surface area (Å²) >= 11 is 0. The maximum absolute atomic E-state index is 6.03. The van der Waals surface area contributed by atoms with Crippen LogP contribution in [0.15, 0.2) is 30.3 Å². The van der Waals surface area contributed by atoms with E-state index in [1.165, 1.54) is 0 Å². The monoisotopic (exact) mass is 270 g/mol. The van der Waals surface area contributed by atoms with E-state index in [0.717, 1.165) is 48.1 Å². The van der Waals surface area contributed by atoms with Crippen molar-refractivity contribution >= 4 is 11.5 Å². The van der Waals surface area contributed by atoms with Gasteiger partial charge in [-0.2, -0.15) is 0 Å². The summed E-state index contributed by atoms with van der Waals surface area (Å²) in [6, 6.07) is 10.0. The van der Waals surface area contributed by atoms with Crippen molar-refractivity contribution in [3.63, 3.8) is 0 Å². The highest BCUT2D eigenvalue weighted by molar-refractivity contribution is 5.50. The maximum atomic E-state index is 6.03. The third-order valence-corrected chi connectivity index (χ3v) is 3.36. The van der Waals surface area contributed by atoms with Gasteiger partial charge in [0.15, 0.2) is 0 Å². The molecule has 2 N–H and O–H groups in total. The summed E-state index contributed by atoms with van der Waals surface area (Å²) in [6.45, 7) is 7.82. The fraction of sp³-hybridized carbons (Fsp3) is 0.375. The van der Waals surface area contributed by atoms with E-state index in [-0.39, 0.29) is 0 Å². The van der Waals surface area contributed by atoms with E-state index >= 15 is 0 Å². The zero-order valence-electron chi connectivity index (χ0n) is 12.4. The number of para-hydroxylation sites is 1. The van der Waals surface area contributed by atoms with Gasteiger partial charge in [0.1, 0.15) is 11.6 Å². The van der Waals surface area contributed by atoms with E-state index in [4.69, 9.17) is 5.73 Å². The van der Waals surface area contributed by atoms with Crippen molar-refractivity contribution in [1.82, 2.24) is 9.97 Å². The first-order valence-corrected chi connectivity index (χ1v) is 7.07. The fourth-order valence-corrected chi connectivity index (χ4v) is 2.19. The molecule has 2 rings (SSSR count). The summed E-state index contributed by atoms with van der Waals surface area (Å²) < 4.78 is 0. The number of nitrogen functional groups attached to an aromatic ring is 1. The molecule has 2 aromatic rings. The lowest BCUT2D eigenvalue weighted by Crippen LogP contribution is -2.24. The normalized spacial score (nSPS) is 10.6. The number of hydrogen-bond donors (Lipinski definition) is 1. The topological polar surface area (TPSA) is 55.0 Å². The second-order valence-electron chi connectivity index (χ2n) is 4.83. The van der Waals surface area contributed by atoms with Crippen LogP contribution in [0, 0.1) is 6.92 Å². The number of rotatable bonds is 5. The lowest BCUT2D eigenvalue weighted by molar-refractivity contribution is 0.798. The van der Waals surface area contributed by atoms with Crippen LogP contribution in [0.5, 0.6) is 0 Å². The van der Waals surface area contributed by atoms with Crippen molar-refractivity contribution in [2.75, 3.05) is 17.2 Å². The van der Waals surface area contributed by atoms with E-state index in [1.54, 1.807) is 0 Å². The van der Waals surface area contributed by atoms with Crippen LogP contribution in [-0.4, -0.2) is 16.5 Å². The molecule has 20 heavy (non-hydrogen) atoms. The largest absolute Gasteiger partial charge is 0.398 e. The minimum absolute atomic E-state index is 0.767. The van der Waals surface area contributed by atoms with Crippen molar-refractivity contribution in [3.8, 4) is 0 Å². The summed E-state index contributed by atoms with van der Waals surface area (Å²) in [5, 5.41) is 0. The Hall–Kier alpha value is -2.10. The SMILES string of the molecule is CCc1cc(N(CC)Cc2ccccc2N)nc(C)n1. The lowest BCUT2D eigenvalue weighted by atomic mass is 10.1. The Morgan fingerprint density at radius 1 is 1.15 bits per heavy atom. The van der Waals surface area contributed by atoms with Crippen molar-refractivity contribution in [2.45, 2.75) is 33.7 Å². The molecule has 0 bridgehead atoms. The molecule has 0 aliphatic carbocycles. The Kier molecular flexibility index (Phi) is 4.56. The number of nitrogens with two attached hydrogens (primary N) is 1. The van der Waals surface area contributed by atoms with Crippen molar-refractivity contribution < 1.29 is 0 Å². The second-order valence-corrected chi connectivity index (χ2v) is 4.83. The zero-order chi connectivity index (χ0) is 14.5. The molecule has 0 aliphatic rings. The van der Waals surface area contributed by atoms with Gasteiger partial charge >= 0.3 is 0 Å². The van der Waals surface area contributed by atoms with E-state index in [9.17, 15) is 0 Å². The highest BCUT2D eigenvalue weighted by Gasteiger charge is 2.10. The van der Waals surface area contributed by atoms with Gasteiger partial charge in [-0.15, -0.1) is 0 Å². The molecule has 4 heteroatoms. The van der Waals surface area contributed by atoms with Gasteiger partial charge in [-0.25, -0.2) is 9.97 Å². The van der Waals surface area contributed by atoms with E-state index < -0.39 is 0 Å². The summed E-state index contributed by atoms with van der Waals surface area (Å²) in [5.41, 5.74) is 9.06. The summed E-state index contributed by atoms with van der Waals surface area (Å²) in [5.74, 6) is 1.79. The predicted octanol–water partition coefficient (Wildman–Crippen LogP) is 2.96. The highest BCUT2D eigenvalue weighted by Crippen LogP contribution is 2.19. The molecule has 1 aromatic carbocycles. The molecule has 0 spiro atoms. The van der Waals surface area contributed by atoms with Crippen LogP contribution in [0.1, 0.15) is 30.9 Å². The number of aromatic nitrogens is 2. The molecule has 0 fully saturated rings. The Bertz CT molecular complexity index is 580. The summed E-state index contributed by atoms with van der Waals surface area (Å²) in [4.78, 5) is 11.2. The third kappa shape index (κ3) is 3.26. The maximum Gasteiger partial charge on any atom is 0.132 e. The lowest BCUT2D eigenvalue weighted by Gasteiger charge is -2.23. The smallest absolute Gasteiger partial charge is 0.132 e. The molecular weight excluding hydrogens is 248 g/mol. The first-order chi connectivity index (χ1) is 9.63. The van der Waals surface area contributed by atoms with Crippen LogP contribution in [0.2, 0.25) is 0 Å². The molecular formula is C16H22N4. The predicted molar refractivity (Wildman–Crippen MR) is 83.7 cm³/mol. The molecule has 0 aliphatic heterocycles. The molecule has 0 radical (unpaired) electrons.